The molecule has 1 amide bonds. The third-order valence-corrected chi connectivity index (χ3v) is 5.03. The van der Waals surface area contributed by atoms with E-state index in [1.807, 2.05) is 23.1 Å². The molecule has 0 bridgehead atoms. The van der Waals surface area contributed by atoms with E-state index in [1.54, 1.807) is 18.2 Å². The molecule has 0 aliphatic carbocycles. The lowest BCUT2D eigenvalue weighted by molar-refractivity contribution is 0.0713. The molecule has 7 heteroatoms. The summed E-state index contributed by atoms with van der Waals surface area (Å²) in [4.78, 5) is 14.7. The summed E-state index contributed by atoms with van der Waals surface area (Å²) in [6.45, 7) is 2.00. The highest BCUT2D eigenvalue weighted by molar-refractivity contribution is 6.48. The van der Waals surface area contributed by atoms with Crippen LogP contribution in [0.15, 0.2) is 54.5 Å². The van der Waals surface area contributed by atoms with Crippen LogP contribution in [0.2, 0.25) is 0 Å². The highest BCUT2D eigenvalue weighted by Gasteiger charge is 2.24. The molecule has 148 valence electrons. The van der Waals surface area contributed by atoms with E-state index in [1.165, 1.54) is 11.5 Å². The van der Waals surface area contributed by atoms with E-state index >= 15 is 0 Å². The zero-order valence-corrected chi connectivity index (χ0v) is 16.5. The number of nitrogens with zero attached hydrogens (tertiary/aromatic N) is 1. The van der Waals surface area contributed by atoms with Gasteiger partial charge in [0.15, 0.2) is 0 Å². The van der Waals surface area contributed by atoms with Crippen LogP contribution in [0.1, 0.15) is 45.8 Å². The number of rotatable bonds is 5. The molecule has 0 saturated carbocycles. The van der Waals surface area contributed by atoms with Gasteiger partial charge in [0.2, 0.25) is 0 Å². The molecule has 1 aliphatic heterocycles. The van der Waals surface area contributed by atoms with Gasteiger partial charge in [0.1, 0.15) is 0 Å². The van der Waals surface area contributed by atoms with Crippen LogP contribution in [0.5, 0.6) is 0 Å². The van der Waals surface area contributed by atoms with Crippen LogP contribution in [0.3, 0.4) is 0 Å². The first-order valence-electron chi connectivity index (χ1n) is 9.29. The lowest BCUT2D eigenvalue weighted by Crippen LogP contribution is -2.37. The molecule has 0 unspecified atom stereocenters. The fraction of sp³-hybridized carbons (Fsp3) is 0.286. The van der Waals surface area contributed by atoms with Gasteiger partial charge < -0.3 is 20.7 Å². The van der Waals surface area contributed by atoms with Gasteiger partial charge in [-0.05, 0) is 47.6 Å². The Morgan fingerprint density at radius 2 is 1.86 bits per heavy atom. The molecule has 0 atom stereocenters. The van der Waals surface area contributed by atoms with Gasteiger partial charge in [-0.15, -0.1) is 12.4 Å². The molecule has 3 rings (SSSR count). The van der Waals surface area contributed by atoms with E-state index in [4.69, 9.17) is 15.8 Å². The molecule has 1 saturated heterocycles. The minimum Gasteiger partial charge on any atom is -0.424 e. The maximum Gasteiger partial charge on any atom is 0.480 e. The van der Waals surface area contributed by atoms with Crippen molar-refractivity contribution in [2.45, 2.75) is 25.3 Å². The van der Waals surface area contributed by atoms with Crippen LogP contribution < -0.4 is 5.73 Å². The summed E-state index contributed by atoms with van der Waals surface area (Å²) in [5.41, 5.74) is 9.57. The van der Waals surface area contributed by atoms with Crippen molar-refractivity contribution in [1.29, 1.82) is 0 Å². The number of piperidine rings is 1. The standard InChI is InChI=1S/C21H25BN2O3.ClH/c23-15-17-4-2-5-19(14-17)18-8-11-24(12-9-18)21(25)20-6-1-3-16(13-20)7-10-22(26)27;/h1-7,10,13-14,18,26-27H,8-9,11-12,15,23H2;1H/b10-7+;. The maximum atomic E-state index is 12.8. The first-order valence-corrected chi connectivity index (χ1v) is 9.29. The SMILES string of the molecule is Cl.NCc1cccc(C2CCN(C(=O)c3cccc(/C=C/B(O)O)c3)CC2)c1. The Balaban J connectivity index is 0.00000280. The second kappa shape index (κ2) is 10.4. The third kappa shape index (κ3) is 5.69. The Bertz CT molecular complexity index is 821. The minimum absolute atomic E-state index is 0. The number of nitrogens with two attached hydrogens (primary N) is 1. The Hall–Kier alpha value is -2.12. The average Bonchev–Trinajstić information content (AvgIpc) is 2.72. The summed E-state index contributed by atoms with van der Waals surface area (Å²) in [5, 5.41) is 17.9. The lowest BCUT2D eigenvalue weighted by atomic mass is 9.88. The molecule has 4 N–H and O–H groups in total. The summed E-state index contributed by atoms with van der Waals surface area (Å²) in [6, 6.07) is 15.6. The summed E-state index contributed by atoms with van der Waals surface area (Å²) in [6.07, 6.45) is 3.48. The zero-order valence-electron chi connectivity index (χ0n) is 15.7. The van der Waals surface area contributed by atoms with Crippen molar-refractivity contribution in [3.05, 3.63) is 76.8 Å². The molecular formula is C21H26BClN2O3. The number of carbonyl (C=O) groups is 1. The van der Waals surface area contributed by atoms with Crippen LogP contribution in [0.25, 0.3) is 6.08 Å². The highest BCUT2D eigenvalue weighted by atomic mass is 35.5. The minimum atomic E-state index is -1.50. The first kappa shape index (κ1) is 22.2. The molecule has 2 aromatic rings. The second-order valence-corrected chi connectivity index (χ2v) is 6.91. The molecule has 1 aliphatic rings. The molecule has 1 heterocycles. The first-order chi connectivity index (χ1) is 13.1. The van der Waals surface area contributed by atoms with E-state index in [-0.39, 0.29) is 18.3 Å². The second-order valence-electron chi connectivity index (χ2n) is 6.91. The quantitative estimate of drug-likeness (QED) is 0.673. The summed E-state index contributed by atoms with van der Waals surface area (Å²) in [5.74, 6) is 1.75. The smallest absolute Gasteiger partial charge is 0.424 e. The van der Waals surface area contributed by atoms with Crippen molar-refractivity contribution in [1.82, 2.24) is 4.90 Å². The van der Waals surface area contributed by atoms with Crippen LogP contribution in [-0.2, 0) is 6.54 Å². The van der Waals surface area contributed by atoms with E-state index in [9.17, 15) is 4.79 Å². The van der Waals surface area contributed by atoms with Crippen LogP contribution in [-0.4, -0.2) is 41.1 Å². The van der Waals surface area contributed by atoms with Gasteiger partial charge in [0.05, 0.1) is 0 Å². The molecule has 0 spiro atoms. The predicted octanol–water partition coefficient (Wildman–Crippen LogP) is 2.61. The van der Waals surface area contributed by atoms with Gasteiger partial charge in [0, 0.05) is 25.2 Å². The molecule has 0 radical (unpaired) electrons. The number of halogens is 1. The van der Waals surface area contributed by atoms with Gasteiger partial charge in [-0.2, -0.15) is 0 Å². The van der Waals surface area contributed by atoms with Gasteiger partial charge >= 0.3 is 7.12 Å². The maximum absolute atomic E-state index is 12.8. The Morgan fingerprint density at radius 1 is 1.14 bits per heavy atom. The number of likely N-dealkylation sites (tertiary alicyclic amines) is 1. The molecule has 2 aromatic carbocycles. The lowest BCUT2D eigenvalue weighted by Gasteiger charge is -2.32. The summed E-state index contributed by atoms with van der Waals surface area (Å²) < 4.78 is 0. The van der Waals surface area contributed by atoms with Gasteiger partial charge in [-0.3, -0.25) is 4.79 Å². The fourth-order valence-corrected chi connectivity index (χ4v) is 3.55. The van der Waals surface area contributed by atoms with Crippen LogP contribution in [0, 0.1) is 0 Å². The molecule has 1 fully saturated rings. The number of hydrogen-bond donors (Lipinski definition) is 3. The Morgan fingerprint density at radius 3 is 2.54 bits per heavy atom. The molecule has 28 heavy (non-hydrogen) atoms. The van der Waals surface area contributed by atoms with E-state index in [2.05, 4.69) is 18.2 Å². The van der Waals surface area contributed by atoms with Crippen molar-refractivity contribution in [3.8, 4) is 0 Å². The number of benzene rings is 2. The van der Waals surface area contributed by atoms with E-state index in [0.29, 0.717) is 18.0 Å². The molecule has 0 aromatic heterocycles. The summed E-state index contributed by atoms with van der Waals surface area (Å²) >= 11 is 0. The van der Waals surface area contributed by atoms with Crippen LogP contribution >= 0.6 is 12.4 Å². The predicted molar refractivity (Wildman–Crippen MR) is 115 cm³/mol. The van der Waals surface area contributed by atoms with Gasteiger partial charge in [-0.25, -0.2) is 0 Å². The van der Waals surface area contributed by atoms with Gasteiger partial charge in [-0.1, -0.05) is 48.4 Å². The fourth-order valence-electron chi connectivity index (χ4n) is 3.55. The third-order valence-electron chi connectivity index (χ3n) is 5.03. The number of hydrogen-bond acceptors (Lipinski definition) is 4. The Labute approximate surface area is 172 Å². The normalized spacial score (nSPS) is 14.8. The van der Waals surface area contributed by atoms with Gasteiger partial charge in [0.25, 0.3) is 5.91 Å². The summed E-state index contributed by atoms with van der Waals surface area (Å²) in [7, 11) is -1.50. The average molecular weight is 401 g/mol. The van der Waals surface area contributed by atoms with E-state index in [0.717, 1.165) is 37.1 Å². The highest BCUT2D eigenvalue weighted by Crippen LogP contribution is 2.29. The van der Waals surface area contributed by atoms with E-state index < -0.39 is 7.12 Å². The van der Waals surface area contributed by atoms with Crippen molar-refractivity contribution < 1.29 is 14.8 Å². The molecular weight excluding hydrogens is 375 g/mol. The number of amides is 1. The largest absolute Gasteiger partial charge is 0.480 e. The Kier molecular flexibility index (Phi) is 8.26. The zero-order chi connectivity index (χ0) is 19.2. The van der Waals surface area contributed by atoms with Crippen LogP contribution in [0.4, 0.5) is 0 Å². The topological polar surface area (TPSA) is 86.8 Å². The number of carbonyl (C=O) groups excluding carboxylic acids is 1. The van der Waals surface area contributed by atoms with Crippen molar-refractivity contribution in [2.24, 2.45) is 5.73 Å². The molecule has 5 nitrogen and oxygen atoms in total. The van der Waals surface area contributed by atoms with Crippen molar-refractivity contribution in [3.63, 3.8) is 0 Å². The van der Waals surface area contributed by atoms with Crippen molar-refractivity contribution in [2.75, 3.05) is 13.1 Å². The van der Waals surface area contributed by atoms with Crippen molar-refractivity contribution >= 4 is 31.5 Å². The monoisotopic (exact) mass is 400 g/mol.